The van der Waals surface area contributed by atoms with E-state index in [-0.39, 0.29) is 0 Å². The van der Waals surface area contributed by atoms with Crippen molar-refractivity contribution in [2.24, 2.45) is 0 Å². The average molecular weight is 344 g/mol. The van der Waals surface area contributed by atoms with Crippen molar-refractivity contribution in [3.8, 4) is 17.2 Å². The third kappa shape index (κ3) is 4.34. The van der Waals surface area contributed by atoms with Crippen LogP contribution in [0.15, 0.2) is 59.0 Å². The van der Waals surface area contributed by atoms with Crippen LogP contribution in [0.2, 0.25) is 5.02 Å². The first-order chi connectivity index (χ1) is 11.7. The van der Waals surface area contributed by atoms with E-state index in [0.717, 1.165) is 17.9 Å². The fraction of sp³-hybridized carbons (Fsp3) is 0.222. The molecular formula is C18H18ClN3O2. The lowest BCUT2D eigenvalue weighted by atomic mass is 10.2. The minimum absolute atomic E-state index is 0.435. The predicted octanol–water partition coefficient (Wildman–Crippen LogP) is 3.90. The molecule has 0 unspecified atom stereocenters. The summed E-state index contributed by atoms with van der Waals surface area (Å²) in [6.07, 6.45) is 0. The SMILES string of the molecule is CN(CCOc1ccccc1)Cc1nnc(-c2ccccc2Cl)o1. The molecule has 0 spiro atoms. The largest absolute Gasteiger partial charge is 0.492 e. The van der Waals surface area contributed by atoms with Gasteiger partial charge in [-0.1, -0.05) is 41.9 Å². The van der Waals surface area contributed by atoms with Crippen molar-refractivity contribution in [3.63, 3.8) is 0 Å². The van der Waals surface area contributed by atoms with E-state index in [9.17, 15) is 0 Å². The second kappa shape index (κ2) is 7.95. The summed E-state index contributed by atoms with van der Waals surface area (Å²) < 4.78 is 11.4. The van der Waals surface area contributed by atoms with Gasteiger partial charge in [-0.25, -0.2) is 0 Å². The van der Waals surface area contributed by atoms with E-state index in [2.05, 4.69) is 15.1 Å². The van der Waals surface area contributed by atoms with Gasteiger partial charge in [0.1, 0.15) is 12.4 Å². The van der Waals surface area contributed by atoms with Crippen molar-refractivity contribution >= 4 is 11.6 Å². The van der Waals surface area contributed by atoms with Crippen LogP contribution in [0.4, 0.5) is 0 Å². The van der Waals surface area contributed by atoms with E-state index in [1.165, 1.54) is 0 Å². The quantitative estimate of drug-likeness (QED) is 0.651. The first-order valence-corrected chi connectivity index (χ1v) is 8.04. The first-order valence-electron chi connectivity index (χ1n) is 7.66. The number of para-hydroxylation sites is 1. The van der Waals surface area contributed by atoms with Gasteiger partial charge >= 0.3 is 0 Å². The van der Waals surface area contributed by atoms with E-state index >= 15 is 0 Å². The van der Waals surface area contributed by atoms with Gasteiger partial charge in [0.05, 0.1) is 17.1 Å². The van der Waals surface area contributed by atoms with Gasteiger partial charge in [-0.2, -0.15) is 0 Å². The molecule has 3 rings (SSSR count). The fourth-order valence-corrected chi connectivity index (χ4v) is 2.42. The molecule has 5 nitrogen and oxygen atoms in total. The maximum atomic E-state index is 6.15. The molecule has 24 heavy (non-hydrogen) atoms. The second-order valence-corrected chi connectivity index (χ2v) is 5.79. The number of rotatable bonds is 7. The maximum Gasteiger partial charge on any atom is 0.249 e. The average Bonchev–Trinajstić information content (AvgIpc) is 3.04. The fourth-order valence-electron chi connectivity index (χ4n) is 2.21. The van der Waals surface area contributed by atoms with E-state index in [1.807, 2.05) is 55.6 Å². The summed E-state index contributed by atoms with van der Waals surface area (Å²) in [5.74, 6) is 1.85. The molecule has 0 atom stereocenters. The topological polar surface area (TPSA) is 51.4 Å². The Hall–Kier alpha value is -2.37. The molecule has 6 heteroatoms. The van der Waals surface area contributed by atoms with E-state index in [4.69, 9.17) is 20.8 Å². The van der Waals surface area contributed by atoms with Gasteiger partial charge in [0.25, 0.3) is 0 Å². The van der Waals surface area contributed by atoms with E-state index < -0.39 is 0 Å². The molecule has 1 heterocycles. The lowest BCUT2D eigenvalue weighted by molar-refractivity contribution is 0.220. The van der Waals surface area contributed by atoms with Crippen molar-refractivity contribution in [1.82, 2.24) is 15.1 Å². The number of hydrogen-bond acceptors (Lipinski definition) is 5. The smallest absolute Gasteiger partial charge is 0.249 e. The Morgan fingerprint density at radius 1 is 1.04 bits per heavy atom. The number of benzene rings is 2. The van der Waals surface area contributed by atoms with Crippen LogP contribution >= 0.6 is 11.6 Å². The molecule has 0 aliphatic heterocycles. The summed E-state index contributed by atoms with van der Waals surface area (Å²) in [5.41, 5.74) is 0.744. The minimum Gasteiger partial charge on any atom is -0.492 e. The summed E-state index contributed by atoms with van der Waals surface area (Å²) in [6, 6.07) is 17.2. The van der Waals surface area contributed by atoms with E-state index in [1.54, 1.807) is 6.07 Å². The molecule has 0 aliphatic rings. The van der Waals surface area contributed by atoms with Crippen molar-refractivity contribution in [2.45, 2.75) is 6.54 Å². The second-order valence-electron chi connectivity index (χ2n) is 5.38. The number of aromatic nitrogens is 2. The number of ether oxygens (including phenoxy) is 1. The van der Waals surface area contributed by atoms with Crippen LogP contribution < -0.4 is 4.74 Å². The van der Waals surface area contributed by atoms with Crippen LogP contribution in [-0.2, 0) is 6.54 Å². The molecule has 124 valence electrons. The number of hydrogen-bond donors (Lipinski definition) is 0. The molecule has 1 aromatic heterocycles. The standard InChI is InChI=1S/C18H18ClN3O2/c1-22(11-12-23-14-7-3-2-4-8-14)13-17-20-21-18(24-17)15-9-5-6-10-16(15)19/h2-10H,11-13H2,1H3. The Morgan fingerprint density at radius 3 is 2.58 bits per heavy atom. The lowest BCUT2D eigenvalue weighted by Gasteiger charge is -2.14. The first kappa shape index (κ1) is 16.5. The Balaban J connectivity index is 1.52. The highest BCUT2D eigenvalue weighted by Crippen LogP contribution is 2.26. The predicted molar refractivity (Wildman–Crippen MR) is 93.0 cm³/mol. The molecular weight excluding hydrogens is 326 g/mol. The van der Waals surface area contributed by atoms with Crippen molar-refractivity contribution in [2.75, 3.05) is 20.2 Å². The molecule has 0 bridgehead atoms. The number of likely N-dealkylation sites (N-methyl/N-ethyl adjacent to an activating group) is 1. The van der Waals surface area contributed by atoms with Crippen LogP contribution in [0.1, 0.15) is 5.89 Å². The molecule has 0 radical (unpaired) electrons. The summed E-state index contributed by atoms with van der Waals surface area (Å²) >= 11 is 6.15. The summed E-state index contributed by atoms with van der Waals surface area (Å²) in [5, 5.41) is 8.75. The van der Waals surface area contributed by atoms with Gasteiger partial charge in [0.2, 0.25) is 11.8 Å². The Labute approximate surface area is 145 Å². The van der Waals surface area contributed by atoms with Crippen molar-refractivity contribution in [1.29, 1.82) is 0 Å². The zero-order chi connectivity index (χ0) is 16.8. The molecule has 0 saturated heterocycles. The molecule has 0 aliphatic carbocycles. The summed E-state index contributed by atoms with van der Waals surface area (Å²) in [6.45, 7) is 1.89. The van der Waals surface area contributed by atoms with Gasteiger partial charge in [-0.15, -0.1) is 10.2 Å². The minimum atomic E-state index is 0.435. The maximum absolute atomic E-state index is 6.15. The highest BCUT2D eigenvalue weighted by Gasteiger charge is 2.12. The van der Waals surface area contributed by atoms with Gasteiger partial charge in [-0.05, 0) is 31.3 Å². The highest BCUT2D eigenvalue weighted by atomic mass is 35.5. The van der Waals surface area contributed by atoms with Crippen LogP contribution in [0.3, 0.4) is 0 Å². The van der Waals surface area contributed by atoms with Gasteiger partial charge in [0.15, 0.2) is 0 Å². The summed E-state index contributed by atoms with van der Waals surface area (Å²) in [7, 11) is 1.98. The molecule has 0 fully saturated rings. The monoisotopic (exact) mass is 343 g/mol. The lowest BCUT2D eigenvalue weighted by Crippen LogP contribution is -2.24. The molecule has 0 saturated carbocycles. The number of nitrogens with zero attached hydrogens (tertiary/aromatic N) is 3. The third-order valence-electron chi connectivity index (χ3n) is 3.46. The normalized spacial score (nSPS) is 11.0. The Morgan fingerprint density at radius 2 is 1.79 bits per heavy atom. The molecule has 0 N–H and O–H groups in total. The van der Waals surface area contributed by atoms with Gasteiger partial charge < -0.3 is 9.15 Å². The van der Waals surface area contributed by atoms with Crippen molar-refractivity contribution < 1.29 is 9.15 Å². The number of halogens is 1. The molecule has 2 aromatic carbocycles. The Bertz CT molecular complexity index is 777. The molecule has 3 aromatic rings. The van der Waals surface area contributed by atoms with Crippen LogP contribution in [0, 0.1) is 0 Å². The highest BCUT2D eigenvalue weighted by molar-refractivity contribution is 6.33. The molecule has 0 amide bonds. The Kier molecular flexibility index (Phi) is 5.46. The zero-order valence-electron chi connectivity index (χ0n) is 13.4. The van der Waals surface area contributed by atoms with Gasteiger partial charge in [-0.3, -0.25) is 4.90 Å². The zero-order valence-corrected chi connectivity index (χ0v) is 14.1. The van der Waals surface area contributed by atoms with Crippen LogP contribution in [0.25, 0.3) is 11.5 Å². The van der Waals surface area contributed by atoms with Crippen molar-refractivity contribution in [3.05, 3.63) is 65.5 Å². The van der Waals surface area contributed by atoms with E-state index in [0.29, 0.717) is 30.0 Å². The van der Waals surface area contributed by atoms with Gasteiger partial charge in [0, 0.05) is 6.54 Å². The summed E-state index contributed by atoms with van der Waals surface area (Å²) in [4.78, 5) is 2.06. The van der Waals surface area contributed by atoms with Crippen LogP contribution in [-0.4, -0.2) is 35.3 Å². The third-order valence-corrected chi connectivity index (χ3v) is 3.79. The van der Waals surface area contributed by atoms with Crippen LogP contribution in [0.5, 0.6) is 5.75 Å².